The van der Waals surface area contributed by atoms with Crippen molar-refractivity contribution < 1.29 is 33.9 Å². The van der Waals surface area contributed by atoms with Crippen molar-refractivity contribution >= 4 is 51.8 Å². The van der Waals surface area contributed by atoms with Crippen molar-refractivity contribution in [1.29, 1.82) is 0 Å². The third-order valence-corrected chi connectivity index (χ3v) is 10.3. The van der Waals surface area contributed by atoms with Crippen LogP contribution >= 0.6 is 23.1 Å². The van der Waals surface area contributed by atoms with Crippen molar-refractivity contribution in [1.82, 2.24) is 20.1 Å². The molecule has 40 heavy (non-hydrogen) atoms. The predicted octanol–water partition coefficient (Wildman–Crippen LogP) is 0.159. The van der Waals surface area contributed by atoms with Crippen molar-refractivity contribution in [2.75, 3.05) is 64.9 Å². The highest BCUT2D eigenvalue weighted by Gasteiger charge is 2.51. The number of carbonyl (C=O) groups excluding carboxylic acids is 1. The molecule has 1 aromatic rings. The molecule has 218 valence electrons. The van der Waals surface area contributed by atoms with Crippen molar-refractivity contribution in [3.05, 3.63) is 22.3 Å². The summed E-state index contributed by atoms with van der Waals surface area (Å²) in [6.07, 6.45) is 0. The number of thiazole rings is 1. The number of thioether (sulfide) groups is 1. The molecular weight excluding hydrogens is 558 g/mol. The predicted molar refractivity (Wildman–Crippen MR) is 151 cm³/mol. The molecule has 3 fully saturated rings. The molecule has 1 amide bonds. The molecule has 13 nitrogen and oxygen atoms in total. The van der Waals surface area contributed by atoms with Gasteiger partial charge in [0.25, 0.3) is 5.91 Å². The fraction of sp³-hybridized carbons (Fsp3) is 0.640. The molecule has 4 aliphatic rings. The zero-order valence-corrected chi connectivity index (χ0v) is 24.6. The molecule has 4 aliphatic heterocycles. The van der Waals surface area contributed by atoms with Crippen LogP contribution in [-0.2, 0) is 19.2 Å². The number of nitrogens with zero attached hydrogens (tertiary/aromatic N) is 5. The number of hydrogen-bond acceptors (Lipinski definition) is 11. The van der Waals surface area contributed by atoms with E-state index >= 15 is 0 Å². The van der Waals surface area contributed by atoms with Gasteiger partial charge in [-0.3, -0.25) is 4.79 Å². The number of nitrogens with one attached hydrogen (secondary N) is 1. The second kappa shape index (κ2) is 10.5. The van der Waals surface area contributed by atoms with Crippen molar-refractivity contribution in [3.63, 3.8) is 0 Å². The van der Waals surface area contributed by atoms with E-state index in [4.69, 9.17) is 10.6 Å². The fourth-order valence-corrected chi connectivity index (χ4v) is 8.20. The van der Waals surface area contributed by atoms with E-state index in [0.29, 0.717) is 36.4 Å². The maximum Gasteiger partial charge on any atom is 0.352 e. The topological polar surface area (TPSA) is 171 Å². The number of amides is 1. The smallest absolute Gasteiger partial charge is 0.352 e. The first-order valence-corrected chi connectivity index (χ1v) is 15.1. The number of carboxylic acid groups (broad SMARTS) is 2. The molecule has 0 bridgehead atoms. The summed E-state index contributed by atoms with van der Waals surface area (Å²) in [5.74, 6) is -0.893. The monoisotopic (exact) mass is 594 g/mol. The quantitative estimate of drug-likeness (QED) is 0.174. The van der Waals surface area contributed by atoms with Gasteiger partial charge in [-0.25, -0.2) is 14.6 Å². The first kappa shape index (κ1) is 28.6. The second-order valence-corrected chi connectivity index (χ2v) is 14.0. The van der Waals surface area contributed by atoms with Crippen molar-refractivity contribution in [2.24, 2.45) is 17.0 Å². The molecule has 15 heteroatoms. The lowest BCUT2D eigenvalue weighted by Crippen LogP contribution is -2.67. The maximum absolute atomic E-state index is 13.3. The number of rotatable bonds is 9. The van der Waals surface area contributed by atoms with Gasteiger partial charge in [0.15, 0.2) is 10.8 Å². The number of likely N-dealkylation sites (N-methyl/N-ethyl adjacent to an activating group) is 1. The zero-order chi connectivity index (χ0) is 29.0. The summed E-state index contributed by atoms with van der Waals surface area (Å²) in [5.41, 5.74) is 5.33. The standard InChI is InChI=1S/C25H35N7O6S2/c1-25(2,23(36)37)38-29-18(17-12-40-24(26)28-17)20(33)27-16-7-31-19(22(34)35)15(11-39-21(16)31)10-32(4)8-13-5-30(3)6-14(13)9-32/h12-14,16,21H,5-11H2,1-4H3,(H4-,26,27,28,33,34,35,36,37)/p+1/b29-18-/t13?,14?,16-,21-,32?/m1/s1. The number of hydrogen-bond donors (Lipinski definition) is 4. The van der Waals surface area contributed by atoms with Gasteiger partial charge in [-0.2, -0.15) is 0 Å². The van der Waals surface area contributed by atoms with Gasteiger partial charge in [0.2, 0.25) is 5.60 Å². The number of aliphatic carboxylic acids is 2. The summed E-state index contributed by atoms with van der Waals surface area (Å²) in [6.45, 7) is 8.01. The second-order valence-electron chi connectivity index (χ2n) is 12.0. The summed E-state index contributed by atoms with van der Waals surface area (Å²) < 4.78 is 0.859. The molecule has 1 aromatic heterocycles. The van der Waals surface area contributed by atoms with Gasteiger partial charge >= 0.3 is 11.9 Å². The van der Waals surface area contributed by atoms with Gasteiger partial charge in [0.1, 0.15) is 17.9 Å². The normalized spacial score (nSPS) is 30.5. The molecule has 0 aromatic carbocycles. The van der Waals surface area contributed by atoms with E-state index in [9.17, 15) is 24.6 Å². The molecule has 0 radical (unpaired) electrons. The zero-order valence-electron chi connectivity index (χ0n) is 23.0. The lowest BCUT2D eigenvalue weighted by atomic mass is 10.0. The summed E-state index contributed by atoms with van der Waals surface area (Å²) >= 11 is 2.73. The third kappa shape index (κ3) is 5.51. The van der Waals surface area contributed by atoms with Crippen LogP contribution in [0.5, 0.6) is 0 Å². The number of aromatic nitrogens is 1. The Kier molecular flexibility index (Phi) is 7.52. The highest BCUT2D eigenvalue weighted by molar-refractivity contribution is 8.00. The summed E-state index contributed by atoms with van der Waals surface area (Å²) in [5, 5.41) is 27.8. The largest absolute Gasteiger partial charge is 0.478 e. The first-order valence-electron chi connectivity index (χ1n) is 13.1. The van der Waals surface area contributed by atoms with Crippen LogP contribution in [0, 0.1) is 11.8 Å². The van der Waals surface area contributed by atoms with E-state index in [1.54, 1.807) is 17.1 Å². The number of anilines is 1. The summed E-state index contributed by atoms with van der Waals surface area (Å²) in [7, 11) is 4.40. The Morgan fingerprint density at radius 3 is 2.50 bits per heavy atom. The number of carbonyl (C=O) groups is 3. The minimum absolute atomic E-state index is 0.167. The molecule has 5 heterocycles. The number of nitrogen functional groups attached to an aromatic ring is 1. The number of fused-ring (bicyclic) bond motifs is 2. The first-order chi connectivity index (χ1) is 18.8. The molecule has 0 aliphatic carbocycles. The fourth-order valence-electron chi connectivity index (χ4n) is 6.30. The van der Waals surface area contributed by atoms with Crippen LogP contribution in [0.3, 0.4) is 0 Å². The van der Waals surface area contributed by atoms with Gasteiger partial charge in [-0.15, -0.1) is 23.1 Å². The van der Waals surface area contributed by atoms with E-state index in [0.717, 1.165) is 47.6 Å². The Labute approximate surface area is 240 Å². The molecule has 0 spiro atoms. The molecule has 3 saturated heterocycles. The van der Waals surface area contributed by atoms with Gasteiger partial charge in [0.05, 0.1) is 31.6 Å². The third-order valence-electron chi connectivity index (χ3n) is 8.16. The molecule has 0 saturated carbocycles. The number of carboxylic acids is 2. The minimum Gasteiger partial charge on any atom is -0.478 e. The van der Waals surface area contributed by atoms with Gasteiger partial charge < -0.3 is 40.4 Å². The van der Waals surface area contributed by atoms with Gasteiger partial charge in [0, 0.05) is 48.2 Å². The molecule has 2 unspecified atom stereocenters. The van der Waals surface area contributed by atoms with Crippen LogP contribution in [-0.4, -0.2) is 129 Å². The van der Waals surface area contributed by atoms with Crippen LogP contribution in [0.2, 0.25) is 0 Å². The Morgan fingerprint density at radius 2 is 1.93 bits per heavy atom. The molecule has 4 atom stereocenters. The van der Waals surface area contributed by atoms with E-state index in [-0.39, 0.29) is 28.0 Å². The van der Waals surface area contributed by atoms with Gasteiger partial charge in [-0.05, 0) is 20.9 Å². The lowest BCUT2D eigenvalue weighted by Gasteiger charge is -2.52. The summed E-state index contributed by atoms with van der Waals surface area (Å²) in [6, 6.07) is -0.339. The van der Waals surface area contributed by atoms with Crippen molar-refractivity contribution in [2.45, 2.75) is 30.9 Å². The summed E-state index contributed by atoms with van der Waals surface area (Å²) in [4.78, 5) is 50.7. The average Bonchev–Trinajstić information content (AvgIpc) is 3.49. The van der Waals surface area contributed by atoms with E-state index in [2.05, 4.69) is 34.5 Å². The van der Waals surface area contributed by atoms with Crippen molar-refractivity contribution in [3.8, 4) is 0 Å². The highest BCUT2D eigenvalue weighted by Crippen LogP contribution is 2.42. The van der Waals surface area contributed by atoms with E-state index in [1.165, 1.54) is 13.8 Å². The lowest BCUT2D eigenvalue weighted by molar-refractivity contribution is -0.896. The average molecular weight is 595 g/mol. The van der Waals surface area contributed by atoms with E-state index in [1.807, 2.05) is 4.90 Å². The minimum atomic E-state index is -1.67. The maximum atomic E-state index is 13.3. The van der Waals surface area contributed by atoms with E-state index < -0.39 is 23.4 Å². The molecular formula is C25H36N7O6S2+. The number of quaternary nitrogens is 1. The highest BCUT2D eigenvalue weighted by atomic mass is 32.2. The Balaban J connectivity index is 1.28. The van der Waals surface area contributed by atoms with Crippen LogP contribution in [0.15, 0.2) is 21.8 Å². The Morgan fingerprint density at radius 1 is 1.25 bits per heavy atom. The number of oxime groups is 1. The van der Waals surface area contributed by atoms with Crippen LogP contribution < -0.4 is 11.1 Å². The number of nitrogens with two attached hydrogens (primary N) is 1. The van der Waals surface area contributed by atoms with Crippen LogP contribution in [0.25, 0.3) is 0 Å². The Bertz CT molecular complexity index is 1270. The number of likely N-dealkylation sites (tertiary alicyclic amines) is 2. The molecule has 5 rings (SSSR count). The van der Waals surface area contributed by atoms with Gasteiger partial charge in [-0.1, -0.05) is 5.16 Å². The molecule has 5 N–H and O–H groups in total. The Hall–Kier alpha value is -2.88. The van der Waals surface area contributed by atoms with Crippen LogP contribution in [0.4, 0.5) is 5.13 Å². The SMILES string of the molecule is CN1CC2C[N+](C)(CC3=C(C(=O)O)N4C[C@@H](NC(=O)/C(=N\OC(C)(C)C(=O)O)c5csc(N)n5)[C@H]4SC3)CC2C1. The van der Waals surface area contributed by atoms with Crippen LogP contribution in [0.1, 0.15) is 19.5 Å².